The van der Waals surface area contributed by atoms with E-state index >= 15 is 0 Å². The van der Waals surface area contributed by atoms with Crippen molar-refractivity contribution in [3.05, 3.63) is 72.3 Å². The summed E-state index contributed by atoms with van der Waals surface area (Å²) in [4.78, 5) is 0. The summed E-state index contributed by atoms with van der Waals surface area (Å²) in [7, 11) is -4.16. The summed E-state index contributed by atoms with van der Waals surface area (Å²) < 4.78 is 0. The summed E-state index contributed by atoms with van der Waals surface area (Å²) >= 11 is 0. The van der Waals surface area contributed by atoms with Crippen molar-refractivity contribution in [1.82, 2.24) is 0 Å². The molecule has 0 unspecified atom stereocenters. The van der Waals surface area contributed by atoms with E-state index < -0.39 is 16.1 Å². The molecule has 0 aliphatic heterocycles. The third-order valence-corrected chi connectivity index (χ3v) is 26.3. The molecule has 0 aromatic heterocycles. The fourth-order valence-corrected chi connectivity index (χ4v) is 24.9. The Balaban J connectivity index is 2.26. The molecule has 2 heteroatoms. The number of benzene rings is 5. The Morgan fingerprint density at radius 1 is 0.409 bits per heavy atom. The molecular weight excluding hydrogens is 561 g/mol. The van der Waals surface area contributed by atoms with Gasteiger partial charge in [-0.25, -0.2) is 0 Å². The van der Waals surface area contributed by atoms with E-state index in [1.165, 1.54) is 27.1 Å². The second-order valence-electron chi connectivity index (χ2n) is 15.7. The average Bonchev–Trinajstić information content (AvgIpc) is 2.95. The van der Waals surface area contributed by atoms with Gasteiger partial charge < -0.3 is 0 Å². The van der Waals surface area contributed by atoms with E-state index in [-0.39, 0.29) is 0 Å². The van der Waals surface area contributed by atoms with Crippen LogP contribution in [0.15, 0.2) is 66.7 Å². The minimum Gasteiger partial charge on any atom is -0.0648 e. The number of aryl methyl sites for hydroxylation is 1. The van der Waals surface area contributed by atoms with Crippen molar-refractivity contribution < 1.29 is 0 Å². The molecule has 0 fully saturated rings. The van der Waals surface area contributed by atoms with Gasteiger partial charge in [-0.05, 0) is 123 Å². The maximum atomic E-state index is 2.69. The summed E-state index contributed by atoms with van der Waals surface area (Å²) in [6.45, 7) is 32.9. The molecule has 0 N–H and O–H groups in total. The molecule has 0 heterocycles. The van der Waals surface area contributed by atoms with E-state index in [0.717, 1.165) is 6.42 Å². The fourth-order valence-electron chi connectivity index (χ4n) is 10.7. The standard InChI is InChI=1S/C42H58Si2/c1-14-32-20-17-21-35-24-39-40(25-36(32)35)42(44(29(8)9,30(10)11)31(12)13)38-23-34-19-16-15-18-33(34)22-37(38)41(39)43(26(2)3,27(4)5)28(6)7/h15-31H,14H2,1-13H3. The number of fused-ring (bicyclic) bond motifs is 4. The molecule has 0 atom stereocenters. The first-order valence-corrected chi connectivity index (χ1v) is 22.1. The molecule has 0 saturated heterocycles. The third kappa shape index (κ3) is 4.65. The monoisotopic (exact) mass is 618 g/mol. The summed E-state index contributed by atoms with van der Waals surface area (Å²) in [5, 5.41) is 15.4. The van der Waals surface area contributed by atoms with Crippen LogP contribution in [-0.2, 0) is 6.42 Å². The number of rotatable bonds is 9. The normalized spacial score (nSPS) is 13.5. The van der Waals surface area contributed by atoms with Crippen LogP contribution in [0.1, 0.15) is 95.6 Å². The van der Waals surface area contributed by atoms with Crippen LogP contribution in [0.4, 0.5) is 0 Å². The van der Waals surface area contributed by atoms with E-state index in [1.54, 1.807) is 31.9 Å². The smallest absolute Gasteiger partial charge is 0.0648 e. The zero-order chi connectivity index (χ0) is 32.3. The van der Waals surface area contributed by atoms with E-state index in [1.807, 2.05) is 0 Å². The van der Waals surface area contributed by atoms with Crippen molar-refractivity contribution in [3.8, 4) is 0 Å². The first-order chi connectivity index (χ1) is 20.8. The topological polar surface area (TPSA) is 0 Å². The van der Waals surface area contributed by atoms with E-state index in [0.29, 0.717) is 33.2 Å². The Kier molecular flexibility index (Phi) is 9.04. The van der Waals surface area contributed by atoms with Gasteiger partial charge in [0, 0.05) is 0 Å². The van der Waals surface area contributed by atoms with Crippen molar-refractivity contribution in [2.75, 3.05) is 0 Å². The lowest BCUT2D eigenvalue weighted by Gasteiger charge is -2.48. The highest BCUT2D eigenvalue weighted by Gasteiger charge is 2.50. The van der Waals surface area contributed by atoms with Gasteiger partial charge in [-0.3, -0.25) is 0 Å². The Morgan fingerprint density at radius 3 is 1.11 bits per heavy atom. The van der Waals surface area contributed by atoms with Crippen LogP contribution in [-0.4, -0.2) is 16.1 Å². The summed E-state index contributed by atoms with van der Waals surface area (Å²) in [6.07, 6.45) is 1.06. The van der Waals surface area contributed by atoms with Crippen LogP contribution in [0.2, 0.25) is 33.2 Å². The van der Waals surface area contributed by atoms with Crippen molar-refractivity contribution in [1.29, 1.82) is 0 Å². The molecule has 234 valence electrons. The first kappa shape index (κ1) is 33.0. The second kappa shape index (κ2) is 12.1. The number of hydrogen-bond acceptors (Lipinski definition) is 0. The Bertz CT molecular complexity index is 1780. The maximum Gasteiger partial charge on any atom is 0.0958 e. The second-order valence-corrected chi connectivity index (χ2v) is 27.3. The van der Waals surface area contributed by atoms with Gasteiger partial charge in [-0.15, -0.1) is 0 Å². The van der Waals surface area contributed by atoms with Gasteiger partial charge in [0.15, 0.2) is 0 Å². The Labute approximate surface area is 270 Å². The van der Waals surface area contributed by atoms with Crippen LogP contribution in [0.3, 0.4) is 0 Å². The van der Waals surface area contributed by atoms with Crippen molar-refractivity contribution in [2.24, 2.45) is 0 Å². The van der Waals surface area contributed by atoms with Crippen LogP contribution in [0.25, 0.3) is 43.1 Å². The van der Waals surface area contributed by atoms with E-state index in [4.69, 9.17) is 0 Å². The zero-order valence-electron chi connectivity index (χ0n) is 30.0. The van der Waals surface area contributed by atoms with Gasteiger partial charge in [0.1, 0.15) is 0 Å². The van der Waals surface area contributed by atoms with Crippen molar-refractivity contribution in [3.63, 3.8) is 0 Å². The zero-order valence-corrected chi connectivity index (χ0v) is 32.0. The van der Waals surface area contributed by atoms with Crippen LogP contribution in [0.5, 0.6) is 0 Å². The fraction of sp³-hybridized carbons (Fsp3) is 0.476. The molecule has 5 aromatic carbocycles. The average molecular weight is 619 g/mol. The Morgan fingerprint density at radius 2 is 0.750 bits per heavy atom. The lowest BCUT2D eigenvalue weighted by molar-refractivity contribution is 0.835. The molecule has 0 amide bonds. The van der Waals surface area contributed by atoms with Crippen LogP contribution >= 0.6 is 0 Å². The summed E-state index contributed by atoms with van der Waals surface area (Å²) in [5.74, 6) is 0. The lowest BCUT2D eigenvalue weighted by Crippen LogP contribution is -2.59. The van der Waals surface area contributed by atoms with Gasteiger partial charge in [0.2, 0.25) is 0 Å². The van der Waals surface area contributed by atoms with Crippen molar-refractivity contribution in [2.45, 2.75) is 130 Å². The van der Waals surface area contributed by atoms with E-state index in [9.17, 15) is 0 Å². The highest BCUT2D eigenvalue weighted by molar-refractivity contribution is 7.01. The maximum absolute atomic E-state index is 2.69. The van der Waals surface area contributed by atoms with Gasteiger partial charge >= 0.3 is 0 Å². The highest BCUT2D eigenvalue weighted by Crippen LogP contribution is 2.48. The predicted molar refractivity (Wildman–Crippen MR) is 207 cm³/mol. The Hall–Kier alpha value is -2.43. The van der Waals surface area contributed by atoms with Crippen LogP contribution < -0.4 is 10.4 Å². The third-order valence-electron chi connectivity index (χ3n) is 12.1. The van der Waals surface area contributed by atoms with Crippen LogP contribution in [0, 0.1) is 0 Å². The summed E-state index contributed by atoms with van der Waals surface area (Å²) in [5.41, 5.74) is 5.26. The first-order valence-electron chi connectivity index (χ1n) is 17.6. The minimum absolute atomic E-state index is 0.630. The SMILES string of the molecule is CCc1cccc2cc3c([Si](C(C)C)(C(C)C)C(C)C)c4cc5ccccc5cc4c([Si](C(C)C)(C(C)C)C(C)C)c3cc12. The van der Waals surface area contributed by atoms with Gasteiger partial charge in [0.05, 0.1) is 16.1 Å². The molecule has 0 bridgehead atoms. The molecule has 0 nitrogen and oxygen atoms in total. The van der Waals surface area contributed by atoms with Gasteiger partial charge in [0.25, 0.3) is 0 Å². The van der Waals surface area contributed by atoms with Crippen molar-refractivity contribution >= 4 is 69.6 Å². The largest absolute Gasteiger partial charge is 0.0958 e. The highest BCUT2D eigenvalue weighted by atomic mass is 28.3. The molecule has 5 rings (SSSR count). The van der Waals surface area contributed by atoms with Gasteiger partial charge in [-0.2, -0.15) is 0 Å². The molecule has 0 aliphatic rings. The summed E-state index contributed by atoms with van der Waals surface area (Å²) in [6, 6.07) is 26.8. The predicted octanol–water partition coefficient (Wildman–Crippen LogP) is 12.6. The quantitative estimate of drug-likeness (QED) is 0.114. The molecule has 0 radical (unpaired) electrons. The molecule has 0 aliphatic carbocycles. The molecule has 0 spiro atoms. The lowest BCUT2D eigenvalue weighted by atomic mass is 9.95. The van der Waals surface area contributed by atoms with Gasteiger partial charge in [-0.1, -0.05) is 132 Å². The number of hydrogen-bond donors (Lipinski definition) is 0. The minimum atomic E-state index is -2.08. The molecule has 44 heavy (non-hydrogen) atoms. The molecule has 5 aromatic rings. The molecule has 0 saturated carbocycles. The van der Waals surface area contributed by atoms with E-state index in [2.05, 4.69) is 157 Å². The molecular formula is C42H58Si2.